The predicted molar refractivity (Wildman–Crippen MR) is 122 cm³/mol. The van der Waals surface area contributed by atoms with Crippen LogP contribution in [0, 0.1) is 13.8 Å². The number of aryl methyl sites for hydroxylation is 2. The Morgan fingerprint density at radius 2 is 2.14 bits per heavy atom. The monoisotopic (exact) mass is 447 g/mol. The summed E-state index contributed by atoms with van der Waals surface area (Å²) >= 11 is 8.95. The molecule has 0 spiro atoms. The second-order valence-electron chi connectivity index (χ2n) is 6.66. The number of fused-ring (bicyclic) bond motifs is 1. The Morgan fingerprint density at radius 3 is 2.83 bits per heavy atom. The van der Waals surface area contributed by atoms with Gasteiger partial charge in [-0.15, -0.1) is 17.9 Å². The maximum Gasteiger partial charge on any atom is 0.263 e. The van der Waals surface area contributed by atoms with Crippen LogP contribution in [0.1, 0.15) is 29.0 Å². The van der Waals surface area contributed by atoms with Crippen molar-refractivity contribution in [2.24, 2.45) is 0 Å². The number of thiophene rings is 1. The molecule has 1 aromatic carbocycles. The van der Waals surface area contributed by atoms with Crippen molar-refractivity contribution in [3.8, 4) is 0 Å². The van der Waals surface area contributed by atoms with Crippen molar-refractivity contribution in [2.75, 3.05) is 5.75 Å². The van der Waals surface area contributed by atoms with Gasteiger partial charge < -0.3 is 5.32 Å². The number of nitrogens with one attached hydrogen (secondary N) is 1. The van der Waals surface area contributed by atoms with E-state index in [2.05, 4.69) is 16.9 Å². The van der Waals surface area contributed by atoms with Gasteiger partial charge in [0.1, 0.15) is 4.83 Å². The average Bonchev–Trinajstić information content (AvgIpc) is 2.97. The third kappa shape index (κ3) is 4.57. The van der Waals surface area contributed by atoms with Crippen LogP contribution >= 0.6 is 34.7 Å². The standard InChI is InChI=1S/C21H22ClN3O2S2/c1-5-10-25-20(27)18-12(2)14(4)29-19(18)24-21(25)28-11-17(26)23-13(3)15-8-6-7-9-16(15)22/h5-9,13H,1,10-11H2,2-4H3,(H,23,26). The van der Waals surface area contributed by atoms with Gasteiger partial charge in [-0.3, -0.25) is 14.2 Å². The second-order valence-corrected chi connectivity index (χ2v) is 9.21. The lowest BCUT2D eigenvalue weighted by Gasteiger charge is -2.16. The van der Waals surface area contributed by atoms with Crippen molar-refractivity contribution >= 4 is 50.8 Å². The largest absolute Gasteiger partial charge is 0.349 e. The molecule has 1 unspecified atom stereocenters. The summed E-state index contributed by atoms with van der Waals surface area (Å²) in [7, 11) is 0. The topological polar surface area (TPSA) is 64.0 Å². The fraction of sp³-hybridized carbons (Fsp3) is 0.286. The molecule has 0 bridgehead atoms. The number of hydrogen-bond donors (Lipinski definition) is 1. The van der Waals surface area contributed by atoms with Gasteiger partial charge >= 0.3 is 0 Å². The fourth-order valence-electron chi connectivity index (χ4n) is 3.03. The zero-order chi connectivity index (χ0) is 21.1. The number of aromatic nitrogens is 2. The summed E-state index contributed by atoms with van der Waals surface area (Å²) in [4.78, 5) is 31.9. The minimum absolute atomic E-state index is 0.0934. The maximum absolute atomic E-state index is 13.0. The molecule has 0 aliphatic rings. The van der Waals surface area contributed by atoms with E-state index in [1.807, 2.05) is 39.0 Å². The van der Waals surface area contributed by atoms with E-state index < -0.39 is 0 Å². The molecule has 1 amide bonds. The molecule has 0 aliphatic carbocycles. The Balaban J connectivity index is 1.80. The van der Waals surface area contributed by atoms with E-state index in [1.165, 1.54) is 23.1 Å². The van der Waals surface area contributed by atoms with Gasteiger partial charge in [0.15, 0.2) is 5.16 Å². The average molecular weight is 448 g/mol. The van der Waals surface area contributed by atoms with Crippen molar-refractivity contribution in [3.05, 3.63) is 68.3 Å². The molecule has 2 aromatic heterocycles. The molecule has 0 aliphatic heterocycles. The molecule has 0 radical (unpaired) electrons. The predicted octanol–water partition coefficient (Wildman–Crippen LogP) is 4.88. The number of carbonyl (C=O) groups is 1. The van der Waals surface area contributed by atoms with Crippen LogP contribution in [0.25, 0.3) is 10.2 Å². The normalized spacial score (nSPS) is 12.1. The lowest BCUT2D eigenvalue weighted by molar-refractivity contribution is -0.119. The van der Waals surface area contributed by atoms with Crippen LogP contribution in [-0.2, 0) is 11.3 Å². The van der Waals surface area contributed by atoms with Gasteiger partial charge in [0.2, 0.25) is 5.91 Å². The Hall–Kier alpha value is -2.09. The van der Waals surface area contributed by atoms with Crippen LogP contribution in [0.2, 0.25) is 5.02 Å². The van der Waals surface area contributed by atoms with Gasteiger partial charge in [0.25, 0.3) is 5.56 Å². The number of halogens is 1. The van der Waals surface area contributed by atoms with Crippen LogP contribution in [0.3, 0.4) is 0 Å². The number of benzene rings is 1. The molecule has 0 saturated carbocycles. The van der Waals surface area contributed by atoms with Gasteiger partial charge in [-0.2, -0.15) is 0 Å². The minimum atomic E-state index is -0.217. The molecule has 3 aromatic rings. The summed E-state index contributed by atoms with van der Waals surface area (Å²) in [5.74, 6) is -0.00630. The molecule has 152 valence electrons. The zero-order valence-electron chi connectivity index (χ0n) is 16.5. The van der Waals surface area contributed by atoms with Gasteiger partial charge in [-0.25, -0.2) is 4.98 Å². The Bertz CT molecular complexity index is 1140. The third-order valence-corrected chi connectivity index (χ3v) is 7.07. The molecule has 3 rings (SSSR count). The maximum atomic E-state index is 13.0. The highest BCUT2D eigenvalue weighted by Gasteiger charge is 2.18. The Morgan fingerprint density at radius 1 is 1.41 bits per heavy atom. The van der Waals surface area contributed by atoms with Crippen LogP contribution in [0.5, 0.6) is 0 Å². The Labute approximate surface area is 182 Å². The van der Waals surface area contributed by atoms with Crippen LogP contribution in [-0.4, -0.2) is 21.2 Å². The Kier molecular flexibility index (Phi) is 6.82. The molecule has 0 saturated heterocycles. The fourth-order valence-corrected chi connectivity index (χ4v) is 5.22. The van der Waals surface area contributed by atoms with Gasteiger partial charge in [-0.05, 0) is 38.0 Å². The van der Waals surface area contributed by atoms with Crippen molar-refractivity contribution in [3.63, 3.8) is 0 Å². The summed E-state index contributed by atoms with van der Waals surface area (Å²) in [6.07, 6.45) is 1.66. The summed E-state index contributed by atoms with van der Waals surface area (Å²) in [6.45, 7) is 9.89. The summed E-state index contributed by atoms with van der Waals surface area (Å²) in [5.41, 5.74) is 1.73. The second kappa shape index (κ2) is 9.15. The van der Waals surface area contributed by atoms with Crippen molar-refractivity contribution in [2.45, 2.75) is 38.5 Å². The van der Waals surface area contributed by atoms with E-state index >= 15 is 0 Å². The number of thioether (sulfide) groups is 1. The van der Waals surface area contributed by atoms with Crippen LogP contribution in [0.4, 0.5) is 0 Å². The molecule has 1 atom stereocenters. The van der Waals surface area contributed by atoms with Crippen molar-refractivity contribution < 1.29 is 4.79 Å². The van der Waals surface area contributed by atoms with Gasteiger partial charge in [0.05, 0.1) is 17.2 Å². The first kappa shape index (κ1) is 21.6. The smallest absolute Gasteiger partial charge is 0.263 e. The van der Waals surface area contributed by atoms with E-state index in [1.54, 1.807) is 16.7 Å². The number of hydrogen-bond acceptors (Lipinski definition) is 5. The lowest BCUT2D eigenvalue weighted by atomic mass is 10.1. The molecule has 29 heavy (non-hydrogen) atoms. The van der Waals surface area contributed by atoms with E-state index in [0.29, 0.717) is 26.9 Å². The highest BCUT2D eigenvalue weighted by atomic mass is 35.5. The lowest BCUT2D eigenvalue weighted by Crippen LogP contribution is -2.29. The number of rotatable bonds is 7. The van der Waals surface area contributed by atoms with Crippen molar-refractivity contribution in [1.29, 1.82) is 0 Å². The first-order valence-corrected chi connectivity index (χ1v) is 11.3. The van der Waals surface area contributed by atoms with E-state index in [9.17, 15) is 9.59 Å². The van der Waals surface area contributed by atoms with Gasteiger partial charge in [0, 0.05) is 16.4 Å². The number of carbonyl (C=O) groups excluding carboxylic acids is 1. The number of allylic oxidation sites excluding steroid dienone is 1. The minimum Gasteiger partial charge on any atom is -0.349 e. The SMILES string of the molecule is C=CCn1c(SCC(=O)NC(C)c2ccccc2Cl)nc2sc(C)c(C)c2c1=O. The first-order chi connectivity index (χ1) is 13.8. The first-order valence-electron chi connectivity index (χ1n) is 9.11. The van der Waals surface area contributed by atoms with Crippen molar-refractivity contribution in [1.82, 2.24) is 14.9 Å². The molecule has 2 heterocycles. The molecular formula is C21H22ClN3O2S2. The quantitative estimate of drug-likeness (QED) is 0.318. The molecule has 8 heteroatoms. The third-order valence-electron chi connectivity index (χ3n) is 4.65. The summed E-state index contributed by atoms with van der Waals surface area (Å²) in [6, 6.07) is 7.21. The number of nitrogens with zero attached hydrogens (tertiary/aromatic N) is 2. The highest BCUT2D eigenvalue weighted by Crippen LogP contribution is 2.28. The van der Waals surface area contributed by atoms with E-state index in [-0.39, 0.29) is 23.3 Å². The molecule has 1 N–H and O–H groups in total. The van der Waals surface area contributed by atoms with E-state index in [4.69, 9.17) is 11.6 Å². The van der Waals surface area contributed by atoms with Crippen LogP contribution in [0.15, 0.2) is 46.9 Å². The molecule has 0 fully saturated rings. The van der Waals surface area contributed by atoms with E-state index in [0.717, 1.165) is 16.0 Å². The van der Waals surface area contributed by atoms with Gasteiger partial charge in [-0.1, -0.05) is 47.6 Å². The number of amides is 1. The zero-order valence-corrected chi connectivity index (χ0v) is 18.9. The highest BCUT2D eigenvalue weighted by molar-refractivity contribution is 7.99. The summed E-state index contributed by atoms with van der Waals surface area (Å²) < 4.78 is 1.57. The molecular weight excluding hydrogens is 426 g/mol. The van der Waals surface area contributed by atoms with Crippen LogP contribution < -0.4 is 10.9 Å². The summed E-state index contributed by atoms with van der Waals surface area (Å²) in [5, 5.41) is 4.73. The molecule has 5 nitrogen and oxygen atoms in total.